The van der Waals surface area contributed by atoms with Gasteiger partial charge in [0.1, 0.15) is 12.5 Å². The Morgan fingerprint density at radius 2 is 2.14 bits per heavy atom. The minimum Gasteiger partial charge on any atom is -0.507 e. The number of aromatic hydroxyl groups is 1. The van der Waals surface area contributed by atoms with Gasteiger partial charge in [-0.3, -0.25) is 0 Å². The molecule has 22 heavy (non-hydrogen) atoms. The lowest BCUT2D eigenvalue weighted by atomic mass is 10.1. The first-order valence-corrected chi connectivity index (χ1v) is 11.9. The van der Waals surface area contributed by atoms with Crippen LogP contribution in [0.15, 0.2) is 12.3 Å². The highest BCUT2D eigenvalue weighted by molar-refractivity contribution is 6.76. The molecule has 6 heteroatoms. The van der Waals surface area contributed by atoms with Crippen molar-refractivity contribution in [2.24, 2.45) is 0 Å². The van der Waals surface area contributed by atoms with Gasteiger partial charge in [0.15, 0.2) is 0 Å². The van der Waals surface area contributed by atoms with Crippen molar-refractivity contribution in [3.63, 3.8) is 0 Å². The third-order valence-electron chi connectivity index (χ3n) is 4.11. The number of phenolic OH excluding ortho intramolecular Hbond substituents is 1. The minimum atomic E-state index is -1.08. The summed E-state index contributed by atoms with van der Waals surface area (Å²) in [6.45, 7) is 8.13. The van der Waals surface area contributed by atoms with Crippen molar-refractivity contribution >= 4 is 30.6 Å². The van der Waals surface area contributed by atoms with E-state index in [9.17, 15) is 5.11 Å². The maximum atomic E-state index is 10.5. The van der Waals surface area contributed by atoms with Gasteiger partial charge in [-0.1, -0.05) is 31.2 Å². The lowest BCUT2D eigenvalue weighted by molar-refractivity contribution is 0.0817. The molecule has 0 atom stereocenters. The molecule has 0 unspecified atom stereocenters. The average molecular weight is 339 g/mol. The number of aromatic nitrogens is 2. The molecular weight excluding hydrogens is 316 g/mol. The van der Waals surface area contributed by atoms with Crippen LogP contribution in [0.3, 0.4) is 0 Å². The first kappa shape index (κ1) is 15.8. The number of nitrogens with zero attached hydrogens (tertiary/aromatic N) is 2. The van der Waals surface area contributed by atoms with Crippen LogP contribution in [0.2, 0.25) is 30.7 Å². The standard InChI is InChI=1S/C16H23ClN2O2Si/c1-22(2,3)7-6-21-10-19-14-8-13(17)15(11-4-5-11)16(20)12(14)9-18-19/h8-9,11,20H,4-7,10H2,1-3H3. The fourth-order valence-electron chi connectivity index (χ4n) is 2.58. The van der Waals surface area contributed by atoms with Crippen LogP contribution in [0, 0.1) is 0 Å². The zero-order valence-corrected chi connectivity index (χ0v) is 15.2. The van der Waals surface area contributed by atoms with E-state index in [0.29, 0.717) is 23.4 Å². The molecule has 1 aliphatic carbocycles. The van der Waals surface area contributed by atoms with Crippen molar-refractivity contribution in [1.82, 2.24) is 9.78 Å². The Morgan fingerprint density at radius 3 is 2.77 bits per heavy atom. The number of rotatable bonds is 6. The van der Waals surface area contributed by atoms with E-state index in [-0.39, 0.29) is 0 Å². The molecule has 1 fully saturated rings. The fraction of sp³-hybridized carbons (Fsp3) is 0.562. The third kappa shape index (κ3) is 3.31. The molecule has 1 aromatic carbocycles. The summed E-state index contributed by atoms with van der Waals surface area (Å²) in [5, 5.41) is 16.2. The SMILES string of the molecule is C[Si](C)(C)CCOCn1ncc2c(O)c(C3CC3)c(Cl)cc21. The van der Waals surface area contributed by atoms with Gasteiger partial charge in [-0.2, -0.15) is 5.10 Å². The molecule has 120 valence electrons. The molecular formula is C16H23ClN2O2Si. The Bertz CT molecular complexity index is 689. The van der Waals surface area contributed by atoms with Crippen LogP contribution in [-0.4, -0.2) is 29.6 Å². The highest BCUT2D eigenvalue weighted by Gasteiger charge is 2.30. The molecule has 1 aromatic heterocycles. The number of hydrogen-bond acceptors (Lipinski definition) is 3. The number of fused-ring (bicyclic) bond motifs is 1. The van der Waals surface area contributed by atoms with Crippen LogP contribution in [0.5, 0.6) is 5.75 Å². The Morgan fingerprint density at radius 1 is 1.41 bits per heavy atom. The maximum Gasteiger partial charge on any atom is 0.139 e. The normalized spacial score (nSPS) is 15.6. The van der Waals surface area contributed by atoms with Gasteiger partial charge in [0.25, 0.3) is 0 Å². The molecule has 2 aromatic rings. The molecule has 3 rings (SSSR count). The zero-order chi connectivity index (χ0) is 15.9. The summed E-state index contributed by atoms with van der Waals surface area (Å²) in [5.41, 5.74) is 1.72. The van der Waals surface area contributed by atoms with E-state index in [2.05, 4.69) is 24.7 Å². The highest BCUT2D eigenvalue weighted by Crippen LogP contribution is 2.49. The Hall–Kier alpha value is -1.04. The van der Waals surface area contributed by atoms with Crippen molar-refractivity contribution in [3.8, 4) is 5.75 Å². The molecule has 1 heterocycles. The van der Waals surface area contributed by atoms with Crippen LogP contribution in [0.1, 0.15) is 24.3 Å². The smallest absolute Gasteiger partial charge is 0.139 e. The lowest BCUT2D eigenvalue weighted by Crippen LogP contribution is -2.22. The Kier molecular flexibility index (Phi) is 4.22. The van der Waals surface area contributed by atoms with Gasteiger partial charge < -0.3 is 9.84 Å². The minimum absolute atomic E-state index is 0.290. The van der Waals surface area contributed by atoms with Crippen LogP contribution in [0.4, 0.5) is 0 Å². The van der Waals surface area contributed by atoms with Crippen molar-refractivity contribution in [2.75, 3.05) is 6.61 Å². The second kappa shape index (κ2) is 5.87. The molecule has 0 spiro atoms. The van der Waals surface area contributed by atoms with E-state index >= 15 is 0 Å². The number of hydrogen-bond donors (Lipinski definition) is 1. The van der Waals surface area contributed by atoms with E-state index in [4.69, 9.17) is 16.3 Å². The predicted molar refractivity (Wildman–Crippen MR) is 92.5 cm³/mol. The molecule has 0 radical (unpaired) electrons. The summed E-state index contributed by atoms with van der Waals surface area (Å²) in [7, 11) is -1.08. The van der Waals surface area contributed by atoms with Crippen LogP contribution >= 0.6 is 11.6 Å². The summed E-state index contributed by atoms with van der Waals surface area (Å²) in [6, 6.07) is 3.03. The number of halogens is 1. The summed E-state index contributed by atoms with van der Waals surface area (Å²) < 4.78 is 7.51. The first-order chi connectivity index (χ1) is 10.4. The van der Waals surface area contributed by atoms with Gasteiger partial charge in [-0.25, -0.2) is 4.68 Å². The summed E-state index contributed by atoms with van der Waals surface area (Å²) in [6.07, 6.45) is 3.91. The fourth-order valence-corrected chi connectivity index (χ4v) is 3.68. The zero-order valence-electron chi connectivity index (χ0n) is 13.4. The summed E-state index contributed by atoms with van der Waals surface area (Å²) in [4.78, 5) is 0. The molecule has 4 nitrogen and oxygen atoms in total. The van der Waals surface area contributed by atoms with Crippen LogP contribution < -0.4 is 0 Å². The highest BCUT2D eigenvalue weighted by atomic mass is 35.5. The molecule has 1 aliphatic rings. The first-order valence-electron chi connectivity index (χ1n) is 7.81. The molecule has 1 saturated carbocycles. The summed E-state index contributed by atoms with van der Waals surface area (Å²) in [5.74, 6) is 0.701. The lowest BCUT2D eigenvalue weighted by Gasteiger charge is -2.15. The predicted octanol–water partition coefficient (Wildman–Crippen LogP) is 4.59. The van der Waals surface area contributed by atoms with Gasteiger partial charge in [-0.05, 0) is 30.9 Å². The molecule has 0 bridgehead atoms. The Balaban J connectivity index is 1.77. The number of phenols is 1. The van der Waals surface area contributed by atoms with Gasteiger partial charge >= 0.3 is 0 Å². The topological polar surface area (TPSA) is 47.3 Å². The van der Waals surface area contributed by atoms with Crippen LogP contribution in [-0.2, 0) is 11.5 Å². The average Bonchev–Trinajstić information content (AvgIpc) is 3.15. The van der Waals surface area contributed by atoms with E-state index < -0.39 is 8.07 Å². The van der Waals surface area contributed by atoms with Gasteiger partial charge in [-0.15, -0.1) is 0 Å². The molecule has 0 amide bonds. The van der Waals surface area contributed by atoms with Gasteiger partial charge in [0.2, 0.25) is 0 Å². The van der Waals surface area contributed by atoms with E-state index in [1.165, 1.54) is 0 Å². The number of ether oxygens (including phenoxy) is 1. The largest absolute Gasteiger partial charge is 0.507 e. The monoisotopic (exact) mass is 338 g/mol. The third-order valence-corrected chi connectivity index (χ3v) is 6.12. The van der Waals surface area contributed by atoms with Crippen molar-refractivity contribution in [3.05, 3.63) is 22.8 Å². The molecule has 0 aliphatic heterocycles. The van der Waals surface area contributed by atoms with E-state index in [1.807, 2.05) is 6.07 Å². The number of benzene rings is 1. The Labute approximate surface area is 137 Å². The van der Waals surface area contributed by atoms with E-state index in [0.717, 1.165) is 42.0 Å². The summed E-state index contributed by atoms with van der Waals surface area (Å²) >= 11 is 6.36. The second-order valence-corrected chi connectivity index (χ2v) is 13.3. The van der Waals surface area contributed by atoms with E-state index in [1.54, 1.807) is 10.9 Å². The van der Waals surface area contributed by atoms with Crippen molar-refractivity contribution < 1.29 is 9.84 Å². The second-order valence-electron chi connectivity index (χ2n) is 7.32. The molecule has 0 saturated heterocycles. The van der Waals surface area contributed by atoms with Crippen molar-refractivity contribution in [1.29, 1.82) is 0 Å². The molecule has 1 N–H and O–H groups in total. The quantitative estimate of drug-likeness (QED) is 0.619. The maximum absolute atomic E-state index is 10.5. The van der Waals surface area contributed by atoms with Gasteiger partial charge in [0.05, 0.1) is 17.1 Å². The van der Waals surface area contributed by atoms with Crippen LogP contribution in [0.25, 0.3) is 10.9 Å². The van der Waals surface area contributed by atoms with Crippen molar-refractivity contribution in [2.45, 2.75) is 51.2 Å². The van der Waals surface area contributed by atoms with Gasteiger partial charge in [0, 0.05) is 25.3 Å².